The first kappa shape index (κ1) is 14.6. The highest BCUT2D eigenvalue weighted by Gasteiger charge is 2.19. The zero-order chi connectivity index (χ0) is 16.7. The molecule has 5 heteroatoms. The lowest BCUT2D eigenvalue weighted by Gasteiger charge is -2.20. The van der Waals surface area contributed by atoms with Crippen molar-refractivity contribution in [1.29, 1.82) is 0 Å². The number of carbonyl (C=O) groups excluding carboxylic acids is 1. The van der Waals surface area contributed by atoms with Crippen molar-refractivity contribution in [3.63, 3.8) is 0 Å². The summed E-state index contributed by atoms with van der Waals surface area (Å²) in [6.45, 7) is 0.782. The minimum Gasteiger partial charge on any atom is -0.346 e. The van der Waals surface area contributed by atoms with Gasteiger partial charge in [-0.05, 0) is 48.7 Å². The molecule has 0 spiro atoms. The Hall–Kier alpha value is -2.95. The van der Waals surface area contributed by atoms with Gasteiger partial charge in [-0.3, -0.25) is 9.59 Å². The first-order valence-electron chi connectivity index (χ1n) is 7.85. The first-order valence-corrected chi connectivity index (χ1v) is 7.85. The van der Waals surface area contributed by atoms with Crippen molar-refractivity contribution in [3.05, 3.63) is 75.8 Å². The number of para-hydroxylation sites is 1. The minimum atomic E-state index is -0.478. The SMILES string of the molecule is O=C(Nc1ccc(F)cc1)c1cn2c3c(cccc3c1=O)CCC2. The summed E-state index contributed by atoms with van der Waals surface area (Å²) >= 11 is 0. The Morgan fingerprint density at radius 3 is 2.71 bits per heavy atom. The molecular weight excluding hydrogens is 307 g/mol. The van der Waals surface area contributed by atoms with Gasteiger partial charge in [0, 0.05) is 23.8 Å². The fraction of sp³-hybridized carbons (Fsp3) is 0.158. The quantitative estimate of drug-likeness (QED) is 0.787. The van der Waals surface area contributed by atoms with Crippen LogP contribution in [0.25, 0.3) is 10.9 Å². The number of benzene rings is 2. The topological polar surface area (TPSA) is 51.1 Å². The molecule has 120 valence electrons. The van der Waals surface area contributed by atoms with E-state index < -0.39 is 5.91 Å². The third kappa shape index (κ3) is 2.38. The highest BCUT2D eigenvalue weighted by atomic mass is 19.1. The van der Waals surface area contributed by atoms with E-state index in [1.807, 2.05) is 16.7 Å². The lowest BCUT2D eigenvalue weighted by molar-refractivity contribution is 0.102. The molecule has 1 N–H and O–H groups in total. The number of rotatable bonds is 2. The highest BCUT2D eigenvalue weighted by molar-refractivity contribution is 6.06. The van der Waals surface area contributed by atoms with Crippen LogP contribution in [0.15, 0.2) is 53.5 Å². The van der Waals surface area contributed by atoms with Gasteiger partial charge in [-0.25, -0.2) is 4.39 Å². The summed E-state index contributed by atoms with van der Waals surface area (Å²) in [6, 6.07) is 11.1. The van der Waals surface area contributed by atoms with Crippen molar-refractivity contribution < 1.29 is 9.18 Å². The van der Waals surface area contributed by atoms with E-state index >= 15 is 0 Å². The molecule has 1 aromatic heterocycles. The maximum atomic E-state index is 13.0. The number of amides is 1. The smallest absolute Gasteiger partial charge is 0.261 e. The highest BCUT2D eigenvalue weighted by Crippen LogP contribution is 2.23. The molecule has 1 amide bonds. The second-order valence-corrected chi connectivity index (χ2v) is 5.94. The average Bonchev–Trinajstić information content (AvgIpc) is 2.60. The van der Waals surface area contributed by atoms with E-state index in [0.717, 1.165) is 30.5 Å². The Morgan fingerprint density at radius 1 is 1.12 bits per heavy atom. The van der Waals surface area contributed by atoms with Crippen LogP contribution >= 0.6 is 0 Å². The van der Waals surface area contributed by atoms with Crippen molar-refractivity contribution in [2.45, 2.75) is 19.4 Å². The Labute approximate surface area is 137 Å². The third-order valence-electron chi connectivity index (χ3n) is 4.37. The molecule has 0 fully saturated rings. The maximum absolute atomic E-state index is 13.0. The Bertz CT molecular complexity index is 1010. The fourth-order valence-electron chi connectivity index (χ4n) is 3.25. The molecule has 4 rings (SSSR count). The van der Waals surface area contributed by atoms with Crippen molar-refractivity contribution in [2.75, 3.05) is 5.32 Å². The number of halogens is 1. The van der Waals surface area contributed by atoms with Gasteiger partial charge in [0.2, 0.25) is 5.43 Å². The lowest BCUT2D eigenvalue weighted by Crippen LogP contribution is -2.25. The van der Waals surface area contributed by atoms with E-state index in [4.69, 9.17) is 0 Å². The van der Waals surface area contributed by atoms with Gasteiger partial charge in [-0.1, -0.05) is 12.1 Å². The van der Waals surface area contributed by atoms with Crippen LogP contribution in [0.3, 0.4) is 0 Å². The molecule has 0 radical (unpaired) electrons. The monoisotopic (exact) mass is 322 g/mol. The molecule has 0 bridgehead atoms. The first-order chi connectivity index (χ1) is 11.6. The van der Waals surface area contributed by atoms with Gasteiger partial charge in [0.1, 0.15) is 11.4 Å². The molecule has 0 aliphatic carbocycles. The Morgan fingerprint density at radius 2 is 1.92 bits per heavy atom. The van der Waals surface area contributed by atoms with Crippen LogP contribution in [0.5, 0.6) is 0 Å². The average molecular weight is 322 g/mol. The Kier molecular flexibility index (Phi) is 3.41. The molecule has 0 saturated heterocycles. The van der Waals surface area contributed by atoms with E-state index in [-0.39, 0.29) is 16.8 Å². The number of hydrogen-bond acceptors (Lipinski definition) is 2. The van der Waals surface area contributed by atoms with E-state index in [2.05, 4.69) is 5.32 Å². The molecular formula is C19H15FN2O2. The van der Waals surface area contributed by atoms with Gasteiger partial charge in [0.05, 0.1) is 5.52 Å². The molecule has 0 unspecified atom stereocenters. The number of nitrogens with zero attached hydrogens (tertiary/aromatic N) is 1. The molecule has 3 aromatic rings. The van der Waals surface area contributed by atoms with Crippen molar-refractivity contribution >= 4 is 22.5 Å². The zero-order valence-corrected chi connectivity index (χ0v) is 12.9. The number of hydrogen-bond donors (Lipinski definition) is 1. The number of aryl methyl sites for hydroxylation is 2. The molecule has 2 aromatic carbocycles. The molecule has 0 saturated carbocycles. The zero-order valence-electron chi connectivity index (χ0n) is 12.9. The number of nitrogens with one attached hydrogen (secondary N) is 1. The van der Waals surface area contributed by atoms with Gasteiger partial charge in [0.25, 0.3) is 5.91 Å². The summed E-state index contributed by atoms with van der Waals surface area (Å²) < 4.78 is 14.9. The van der Waals surface area contributed by atoms with Gasteiger partial charge in [-0.15, -0.1) is 0 Å². The largest absolute Gasteiger partial charge is 0.346 e. The van der Waals surface area contributed by atoms with Crippen LogP contribution in [-0.2, 0) is 13.0 Å². The molecule has 4 nitrogen and oxygen atoms in total. The lowest BCUT2D eigenvalue weighted by atomic mass is 10.00. The van der Waals surface area contributed by atoms with Crippen LogP contribution in [-0.4, -0.2) is 10.5 Å². The molecule has 1 aliphatic rings. The van der Waals surface area contributed by atoms with E-state index in [1.54, 1.807) is 12.3 Å². The summed E-state index contributed by atoms with van der Waals surface area (Å²) in [6.07, 6.45) is 3.55. The maximum Gasteiger partial charge on any atom is 0.261 e. The standard InChI is InChI=1S/C19H15FN2O2/c20-13-6-8-14(9-7-13)21-19(24)16-11-22-10-2-4-12-3-1-5-15(17(12)22)18(16)23/h1,3,5-9,11H,2,4,10H2,(H,21,24). The van der Waals surface area contributed by atoms with Crippen LogP contribution in [0.4, 0.5) is 10.1 Å². The van der Waals surface area contributed by atoms with E-state index in [1.165, 1.54) is 24.3 Å². The van der Waals surface area contributed by atoms with Gasteiger partial charge < -0.3 is 9.88 Å². The summed E-state index contributed by atoms with van der Waals surface area (Å²) in [5.74, 6) is -0.857. The van der Waals surface area contributed by atoms with Crippen LogP contribution < -0.4 is 10.7 Å². The number of carbonyl (C=O) groups is 1. The van der Waals surface area contributed by atoms with Crippen LogP contribution in [0.1, 0.15) is 22.3 Å². The van der Waals surface area contributed by atoms with Gasteiger partial charge in [-0.2, -0.15) is 0 Å². The predicted molar refractivity (Wildman–Crippen MR) is 90.9 cm³/mol. The summed E-state index contributed by atoms with van der Waals surface area (Å²) in [5, 5.41) is 3.22. The number of anilines is 1. The third-order valence-corrected chi connectivity index (χ3v) is 4.37. The van der Waals surface area contributed by atoms with Crippen molar-refractivity contribution in [3.8, 4) is 0 Å². The molecule has 24 heavy (non-hydrogen) atoms. The van der Waals surface area contributed by atoms with E-state index in [0.29, 0.717) is 11.1 Å². The second-order valence-electron chi connectivity index (χ2n) is 5.94. The second kappa shape index (κ2) is 5.60. The van der Waals surface area contributed by atoms with Crippen molar-refractivity contribution in [1.82, 2.24) is 4.57 Å². The normalized spacial score (nSPS) is 13.0. The summed E-state index contributed by atoms with van der Waals surface area (Å²) in [4.78, 5) is 25.2. The van der Waals surface area contributed by atoms with Crippen LogP contribution in [0.2, 0.25) is 0 Å². The number of pyridine rings is 1. The minimum absolute atomic E-state index is 0.103. The van der Waals surface area contributed by atoms with Gasteiger partial charge >= 0.3 is 0 Å². The molecule has 2 heterocycles. The molecule has 0 atom stereocenters. The fourth-order valence-corrected chi connectivity index (χ4v) is 3.25. The summed E-state index contributed by atoms with van der Waals surface area (Å²) in [5.41, 5.74) is 2.34. The van der Waals surface area contributed by atoms with Gasteiger partial charge in [0.15, 0.2) is 0 Å². The Balaban J connectivity index is 1.80. The number of aromatic nitrogens is 1. The predicted octanol–water partition coefficient (Wildman–Crippen LogP) is 3.34. The van der Waals surface area contributed by atoms with Crippen molar-refractivity contribution in [2.24, 2.45) is 0 Å². The van der Waals surface area contributed by atoms with E-state index in [9.17, 15) is 14.0 Å². The molecule has 1 aliphatic heterocycles. The van der Waals surface area contributed by atoms with Crippen LogP contribution in [0, 0.1) is 5.82 Å². The summed E-state index contributed by atoms with van der Waals surface area (Å²) in [7, 11) is 0.